The van der Waals surface area contributed by atoms with Gasteiger partial charge in [-0.3, -0.25) is 10.1 Å². The van der Waals surface area contributed by atoms with Gasteiger partial charge in [0.15, 0.2) is 0 Å². The van der Waals surface area contributed by atoms with Gasteiger partial charge in [0.25, 0.3) is 5.69 Å². The van der Waals surface area contributed by atoms with Gasteiger partial charge >= 0.3 is 0 Å². The van der Waals surface area contributed by atoms with Gasteiger partial charge in [-0.2, -0.15) is 5.26 Å². The Balaban J connectivity index is 1.87. The van der Waals surface area contributed by atoms with Crippen LogP contribution in [0.15, 0.2) is 24.3 Å². The molecule has 0 amide bonds. The minimum absolute atomic E-state index is 0.0849. The molecule has 1 aromatic carbocycles. The number of non-ortho nitro benzene ring substituents is 1. The fourth-order valence-corrected chi connectivity index (χ4v) is 4.15. The van der Waals surface area contributed by atoms with Crippen LogP contribution in [-0.4, -0.2) is 4.92 Å². The molecule has 2 aliphatic carbocycles. The lowest BCUT2D eigenvalue weighted by Gasteiger charge is -2.55. The Kier molecular flexibility index (Phi) is 3.01. The number of hydrogen-bond acceptors (Lipinski definition) is 3. The van der Waals surface area contributed by atoms with E-state index in [2.05, 4.69) is 6.07 Å². The van der Waals surface area contributed by atoms with E-state index in [1.165, 1.54) is 38.2 Å². The third-order valence-corrected chi connectivity index (χ3v) is 5.09. The van der Waals surface area contributed by atoms with Crippen molar-refractivity contribution in [2.45, 2.75) is 50.4 Å². The van der Waals surface area contributed by atoms with Gasteiger partial charge in [0.2, 0.25) is 0 Å². The van der Waals surface area contributed by atoms with Crippen LogP contribution in [0.2, 0.25) is 0 Å². The molecule has 0 unspecified atom stereocenters. The van der Waals surface area contributed by atoms with Crippen LogP contribution in [0.1, 0.15) is 50.5 Å². The minimum atomic E-state index is -0.497. The van der Waals surface area contributed by atoms with Crippen LogP contribution in [0.5, 0.6) is 0 Å². The number of rotatable bonds is 2. The first kappa shape index (κ1) is 13.1. The number of nitro groups is 1. The van der Waals surface area contributed by atoms with Crippen LogP contribution in [0.25, 0.3) is 0 Å². The summed E-state index contributed by atoms with van der Waals surface area (Å²) in [5.74, 6) is 0. The Morgan fingerprint density at radius 2 is 1.90 bits per heavy atom. The number of nitriles is 1. The average Bonchev–Trinajstić information content (AvgIpc) is 2.45. The maximum absolute atomic E-state index is 10.9. The minimum Gasteiger partial charge on any atom is -0.258 e. The zero-order chi connectivity index (χ0) is 14.2. The smallest absolute Gasteiger partial charge is 0.258 e. The number of hydrogen-bond donors (Lipinski definition) is 0. The molecule has 2 aliphatic rings. The van der Waals surface area contributed by atoms with Crippen LogP contribution in [-0.2, 0) is 5.41 Å². The van der Waals surface area contributed by atoms with Gasteiger partial charge in [-0.25, -0.2) is 0 Å². The summed E-state index contributed by atoms with van der Waals surface area (Å²) in [6.45, 7) is 0. The van der Waals surface area contributed by atoms with E-state index in [1.807, 2.05) is 6.07 Å². The summed E-state index contributed by atoms with van der Waals surface area (Å²) in [5, 5.41) is 20.5. The molecule has 3 rings (SSSR count). The SMILES string of the molecule is N#CC1(c2cccc([N+](=O)[O-])c2)CC2(CCCCC2)C1. The largest absolute Gasteiger partial charge is 0.269 e. The summed E-state index contributed by atoms with van der Waals surface area (Å²) in [6.07, 6.45) is 8.00. The Morgan fingerprint density at radius 3 is 2.50 bits per heavy atom. The quantitative estimate of drug-likeness (QED) is 0.600. The normalized spacial score (nSPS) is 22.8. The molecule has 0 aliphatic heterocycles. The van der Waals surface area contributed by atoms with Gasteiger partial charge in [-0.05, 0) is 36.7 Å². The topological polar surface area (TPSA) is 66.9 Å². The predicted octanol–water partition coefficient (Wildman–Crippen LogP) is 4.10. The van der Waals surface area contributed by atoms with Gasteiger partial charge in [-0.15, -0.1) is 0 Å². The van der Waals surface area contributed by atoms with Gasteiger partial charge in [0.05, 0.1) is 16.4 Å². The summed E-state index contributed by atoms with van der Waals surface area (Å²) in [6, 6.07) is 9.08. The molecular formula is C16H18N2O2. The molecule has 0 N–H and O–H groups in total. The molecule has 0 heterocycles. The van der Waals surface area contributed by atoms with Crippen molar-refractivity contribution < 1.29 is 4.92 Å². The second kappa shape index (κ2) is 4.59. The van der Waals surface area contributed by atoms with E-state index in [1.54, 1.807) is 12.1 Å². The van der Waals surface area contributed by atoms with Gasteiger partial charge in [-0.1, -0.05) is 31.4 Å². The van der Waals surface area contributed by atoms with Crippen molar-refractivity contribution in [2.24, 2.45) is 5.41 Å². The molecule has 0 atom stereocenters. The average molecular weight is 270 g/mol. The molecule has 4 heteroatoms. The molecule has 0 radical (unpaired) electrons. The maximum Gasteiger partial charge on any atom is 0.269 e. The van der Waals surface area contributed by atoms with E-state index in [0.29, 0.717) is 5.41 Å². The molecule has 104 valence electrons. The first-order valence-corrected chi connectivity index (χ1v) is 7.26. The second-order valence-electron chi connectivity index (χ2n) is 6.42. The van der Waals surface area contributed by atoms with E-state index < -0.39 is 5.41 Å². The first-order valence-electron chi connectivity index (χ1n) is 7.26. The molecule has 2 fully saturated rings. The van der Waals surface area contributed by atoms with Crippen molar-refractivity contribution in [1.29, 1.82) is 5.26 Å². The molecule has 0 aromatic heterocycles. The fourth-order valence-electron chi connectivity index (χ4n) is 4.15. The molecule has 1 spiro atoms. The molecule has 2 saturated carbocycles. The molecule has 0 saturated heterocycles. The number of benzene rings is 1. The lowest BCUT2D eigenvalue weighted by atomic mass is 9.47. The highest BCUT2D eigenvalue weighted by Crippen LogP contribution is 2.61. The van der Waals surface area contributed by atoms with Crippen molar-refractivity contribution in [1.82, 2.24) is 0 Å². The van der Waals surface area contributed by atoms with E-state index in [-0.39, 0.29) is 10.6 Å². The molecule has 4 nitrogen and oxygen atoms in total. The van der Waals surface area contributed by atoms with Crippen molar-refractivity contribution in [3.63, 3.8) is 0 Å². The molecular weight excluding hydrogens is 252 g/mol. The Morgan fingerprint density at radius 1 is 1.20 bits per heavy atom. The highest BCUT2D eigenvalue weighted by atomic mass is 16.6. The van der Waals surface area contributed by atoms with E-state index in [9.17, 15) is 15.4 Å². The van der Waals surface area contributed by atoms with Crippen LogP contribution < -0.4 is 0 Å². The third-order valence-electron chi connectivity index (χ3n) is 5.09. The summed E-state index contributed by atoms with van der Waals surface area (Å²) in [7, 11) is 0. The first-order chi connectivity index (χ1) is 9.59. The Labute approximate surface area is 118 Å². The summed E-state index contributed by atoms with van der Waals surface area (Å²) in [4.78, 5) is 10.5. The zero-order valence-electron chi connectivity index (χ0n) is 11.5. The van der Waals surface area contributed by atoms with Crippen LogP contribution in [0.4, 0.5) is 5.69 Å². The number of nitro benzene ring substituents is 1. The van der Waals surface area contributed by atoms with Crippen LogP contribution in [0.3, 0.4) is 0 Å². The zero-order valence-corrected chi connectivity index (χ0v) is 11.5. The van der Waals surface area contributed by atoms with Crippen molar-refractivity contribution in [3.8, 4) is 6.07 Å². The molecule has 0 bridgehead atoms. The van der Waals surface area contributed by atoms with E-state index >= 15 is 0 Å². The van der Waals surface area contributed by atoms with Crippen LogP contribution >= 0.6 is 0 Å². The molecule has 1 aromatic rings. The van der Waals surface area contributed by atoms with E-state index in [0.717, 1.165) is 18.4 Å². The van der Waals surface area contributed by atoms with Gasteiger partial charge in [0.1, 0.15) is 0 Å². The van der Waals surface area contributed by atoms with Gasteiger partial charge < -0.3 is 0 Å². The lowest BCUT2D eigenvalue weighted by molar-refractivity contribution is -0.385. The predicted molar refractivity (Wildman–Crippen MR) is 75.1 cm³/mol. The molecule has 20 heavy (non-hydrogen) atoms. The highest BCUT2D eigenvalue weighted by Gasteiger charge is 2.55. The Hall–Kier alpha value is -1.89. The number of nitrogens with zero attached hydrogens (tertiary/aromatic N) is 2. The Bertz CT molecular complexity index is 574. The standard InChI is InChI=1S/C16H18N2O2/c17-12-16(10-15(11-16)7-2-1-3-8-15)13-5-4-6-14(9-13)18(19)20/h4-6,9H,1-3,7-8,10-11H2. The van der Waals surface area contributed by atoms with Crippen molar-refractivity contribution >= 4 is 5.69 Å². The maximum atomic E-state index is 10.9. The van der Waals surface area contributed by atoms with Crippen molar-refractivity contribution in [3.05, 3.63) is 39.9 Å². The highest BCUT2D eigenvalue weighted by molar-refractivity contribution is 5.44. The fraction of sp³-hybridized carbons (Fsp3) is 0.562. The van der Waals surface area contributed by atoms with Crippen molar-refractivity contribution in [2.75, 3.05) is 0 Å². The summed E-state index contributed by atoms with van der Waals surface area (Å²) >= 11 is 0. The van der Waals surface area contributed by atoms with E-state index in [4.69, 9.17) is 0 Å². The van der Waals surface area contributed by atoms with Gasteiger partial charge in [0, 0.05) is 12.1 Å². The third kappa shape index (κ3) is 1.98. The summed E-state index contributed by atoms with van der Waals surface area (Å²) < 4.78 is 0. The monoisotopic (exact) mass is 270 g/mol. The lowest BCUT2D eigenvalue weighted by Crippen LogP contribution is -2.49. The van der Waals surface area contributed by atoms with Crippen LogP contribution in [0, 0.1) is 26.9 Å². The second-order valence-corrected chi connectivity index (χ2v) is 6.42. The summed E-state index contributed by atoms with van der Waals surface area (Å²) in [5.41, 5.74) is 0.745.